The van der Waals surface area contributed by atoms with E-state index in [0.717, 1.165) is 19.5 Å². The summed E-state index contributed by atoms with van der Waals surface area (Å²) < 4.78 is 0. The van der Waals surface area contributed by atoms with Gasteiger partial charge in [0, 0.05) is 32.9 Å². The van der Waals surface area contributed by atoms with Crippen LogP contribution in [0, 0.1) is 0 Å². The predicted octanol–water partition coefficient (Wildman–Crippen LogP) is 1.22. The van der Waals surface area contributed by atoms with Gasteiger partial charge in [-0.2, -0.15) is 0 Å². The first-order valence-electron chi connectivity index (χ1n) is 5.32. The van der Waals surface area contributed by atoms with Crippen molar-refractivity contribution in [3.63, 3.8) is 0 Å². The van der Waals surface area contributed by atoms with E-state index in [1.165, 1.54) is 11.3 Å². The predicted molar refractivity (Wildman–Crippen MR) is 64.2 cm³/mol. The number of hydrogen-bond donors (Lipinski definition) is 2. The Balaban J connectivity index is 2.43. The van der Waals surface area contributed by atoms with Crippen molar-refractivity contribution in [2.24, 2.45) is 0 Å². The molecule has 0 aliphatic carbocycles. The Labute approximate surface area is 91.7 Å². The maximum absolute atomic E-state index is 8.63. The fraction of sp³-hybridized carbons (Fsp3) is 0.500. The number of rotatable bonds is 6. The summed E-state index contributed by atoms with van der Waals surface area (Å²) in [5, 5.41) is 11.9. The lowest BCUT2D eigenvalue weighted by molar-refractivity contribution is 0.286. The maximum atomic E-state index is 8.63. The van der Waals surface area contributed by atoms with Crippen molar-refractivity contribution < 1.29 is 5.11 Å². The van der Waals surface area contributed by atoms with Gasteiger partial charge in [0.05, 0.1) is 0 Å². The molecule has 0 heterocycles. The second-order valence-electron chi connectivity index (χ2n) is 3.82. The van der Waals surface area contributed by atoms with Crippen LogP contribution in [0.5, 0.6) is 0 Å². The molecule has 1 aromatic carbocycles. The SMILES string of the molecule is CN(C)c1cccc(CNCCCO)c1. The van der Waals surface area contributed by atoms with Gasteiger partial charge in [0.1, 0.15) is 0 Å². The molecule has 0 aromatic heterocycles. The average molecular weight is 208 g/mol. The monoisotopic (exact) mass is 208 g/mol. The number of nitrogens with one attached hydrogen (secondary N) is 1. The van der Waals surface area contributed by atoms with E-state index >= 15 is 0 Å². The van der Waals surface area contributed by atoms with Crippen molar-refractivity contribution in [3.8, 4) is 0 Å². The first-order chi connectivity index (χ1) is 7.24. The lowest BCUT2D eigenvalue weighted by Gasteiger charge is -2.13. The highest BCUT2D eigenvalue weighted by atomic mass is 16.3. The number of aliphatic hydroxyl groups excluding tert-OH is 1. The zero-order valence-electron chi connectivity index (χ0n) is 9.53. The standard InChI is InChI=1S/C12H20N2O/c1-14(2)12-6-3-5-11(9-12)10-13-7-4-8-15/h3,5-6,9,13,15H,4,7-8,10H2,1-2H3. The highest BCUT2D eigenvalue weighted by molar-refractivity contribution is 5.47. The van der Waals surface area contributed by atoms with Gasteiger partial charge in [-0.3, -0.25) is 0 Å². The Kier molecular flexibility index (Phi) is 5.15. The molecule has 3 heteroatoms. The molecule has 0 spiro atoms. The normalized spacial score (nSPS) is 10.3. The van der Waals surface area contributed by atoms with Crippen LogP contribution in [-0.2, 0) is 6.54 Å². The number of benzene rings is 1. The zero-order chi connectivity index (χ0) is 11.1. The fourth-order valence-corrected chi connectivity index (χ4v) is 1.38. The minimum atomic E-state index is 0.255. The molecule has 84 valence electrons. The zero-order valence-corrected chi connectivity index (χ0v) is 9.53. The summed E-state index contributed by atoms with van der Waals surface area (Å²) in [6.07, 6.45) is 0.813. The molecule has 1 aromatic rings. The first kappa shape index (κ1) is 12.0. The molecule has 0 amide bonds. The van der Waals surface area contributed by atoms with Gasteiger partial charge in [0.25, 0.3) is 0 Å². The van der Waals surface area contributed by atoms with Gasteiger partial charge in [0.15, 0.2) is 0 Å². The van der Waals surface area contributed by atoms with E-state index in [1.54, 1.807) is 0 Å². The molecule has 0 fully saturated rings. The van der Waals surface area contributed by atoms with Crippen molar-refractivity contribution >= 4 is 5.69 Å². The molecular formula is C12H20N2O. The summed E-state index contributed by atoms with van der Waals surface area (Å²) in [4.78, 5) is 2.09. The van der Waals surface area contributed by atoms with E-state index in [1.807, 2.05) is 14.1 Å². The van der Waals surface area contributed by atoms with E-state index in [-0.39, 0.29) is 6.61 Å². The second-order valence-corrected chi connectivity index (χ2v) is 3.82. The Morgan fingerprint density at radius 1 is 1.33 bits per heavy atom. The van der Waals surface area contributed by atoms with E-state index in [2.05, 4.69) is 34.5 Å². The summed E-state index contributed by atoms with van der Waals surface area (Å²) in [7, 11) is 4.08. The Bertz CT molecular complexity index is 287. The summed E-state index contributed by atoms with van der Waals surface area (Å²) in [6.45, 7) is 1.98. The van der Waals surface area contributed by atoms with Crippen LogP contribution in [-0.4, -0.2) is 32.4 Å². The van der Waals surface area contributed by atoms with Gasteiger partial charge >= 0.3 is 0 Å². The fourth-order valence-electron chi connectivity index (χ4n) is 1.38. The Morgan fingerprint density at radius 3 is 2.80 bits per heavy atom. The minimum Gasteiger partial charge on any atom is -0.396 e. The van der Waals surface area contributed by atoms with Crippen molar-refractivity contribution in [3.05, 3.63) is 29.8 Å². The molecule has 0 bridgehead atoms. The van der Waals surface area contributed by atoms with Gasteiger partial charge in [-0.05, 0) is 30.7 Å². The lowest BCUT2D eigenvalue weighted by atomic mass is 10.2. The molecule has 0 aliphatic heterocycles. The maximum Gasteiger partial charge on any atom is 0.0443 e. The van der Waals surface area contributed by atoms with E-state index in [4.69, 9.17) is 5.11 Å². The van der Waals surface area contributed by atoms with Gasteiger partial charge in [-0.25, -0.2) is 0 Å². The third kappa shape index (κ3) is 4.32. The molecule has 0 unspecified atom stereocenters. The third-order valence-electron chi connectivity index (χ3n) is 2.27. The second kappa shape index (κ2) is 6.43. The molecule has 0 saturated carbocycles. The van der Waals surface area contributed by atoms with Crippen LogP contribution in [0.15, 0.2) is 24.3 Å². The number of aliphatic hydroxyl groups is 1. The first-order valence-corrected chi connectivity index (χ1v) is 5.32. The Hall–Kier alpha value is -1.06. The van der Waals surface area contributed by atoms with Crippen LogP contribution in [0.2, 0.25) is 0 Å². The molecule has 15 heavy (non-hydrogen) atoms. The van der Waals surface area contributed by atoms with Gasteiger partial charge in [-0.1, -0.05) is 12.1 Å². The Morgan fingerprint density at radius 2 is 2.13 bits per heavy atom. The largest absolute Gasteiger partial charge is 0.396 e. The highest BCUT2D eigenvalue weighted by Crippen LogP contribution is 2.12. The molecule has 2 N–H and O–H groups in total. The molecule has 0 radical (unpaired) electrons. The molecular weight excluding hydrogens is 188 g/mol. The summed E-state index contributed by atoms with van der Waals surface area (Å²) in [6, 6.07) is 8.44. The molecule has 0 aliphatic rings. The minimum absolute atomic E-state index is 0.255. The topological polar surface area (TPSA) is 35.5 Å². The highest BCUT2D eigenvalue weighted by Gasteiger charge is 1.97. The molecule has 0 atom stereocenters. The van der Waals surface area contributed by atoms with Crippen molar-refractivity contribution in [2.45, 2.75) is 13.0 Å². The van der Waals surface area contributed by atoms with E-state index < -0.39 is 0 Å². The molecule has 0 saturated heterocycles. The smallest absolute Gasteiger partial charge is 0.0443 e. The number of nitrogens with zero attached hydrogens (tertiary/aromatic N) is 1. The van der Waals surface area contributed by atoms with Crippen LogP contribution < -0.4 is 10.2 Å². The number of hydrogen-bond acceptors (Lipinski definition) is 3. The van der Waals surface area contributed by atoms with Crippen LogP contribution in [0.25, 0.3) is 0 Å². The molecule has 1 rings (SSSR count). The van der Waals surface area contributed by atoms with Crippen LogP contribution in [0.1, 0.15) is 12.0 Å². The van der Waals surface area contributed by atoms with E-state index in [0.29, 0.717) is 0 Å². The van der Waals surface area contributed by atoms with Gasteiger partial charge in [-0.15, -0.1) is 0 Å². The van der Waals surface area contributed by atoms with Crippen LogP contribution >= 0.6 is 0 Å². The lowest BCUT2D eigenvalue weighted by Crippen LogP contribution is -2.16. The van der Waals surface area contributed by atoms with Gasteiger partial charge in [0.2, 0.25) is 0 Å². The summed E-state index contributed by atoms with van der Waals surface area (Å²) >= 11 is 0. The molecule has 3 nitrogen and oxygen atoms in total. The van der Waals surface area contributed by atoms with Crippen molar-refractivity contribution in [1.29, 1.82) is 0 Å². The third-order valence-corrected chi connectivity index (χ3v) is 2.27. The van der Waals surface area contributed by atoms with E-state index in [9.17, 15) is 0 Å². The number of anilines is 1. The van der Waals surface area contributed by atoms with Gasteiger partial charge < -0.3 is 15.3 Å². The average Bonchev–Trinajstić information content (AvgIpc) is 2.25. The summed E-state index contributed by atoms with van der Waals surface area (Å²) in [5.41, 5.74) is 2.50. The summed E-state index contributed by atoms with van der Waals surface area (Å²) in [5.74, 6) is 0. The van der Waals surface area contributed by atoms with Crippen molar-refractivity contribution in [1.82, 2.24) is 5.32 Å². The van der Waals surface area contributed by atoms with Crippen LogP contribution in [0.3, 0.4) is 0 Å². The van der Waals surface area contributed by atoms with Crippen LogP contribution in [0.4, 0.5) is 5.69 Å². The van der Waals surface area contributed by atoms with Crippen molar-refractivity contribution in [2.75, 3.05) is 32.1 Å². The quantitative estimate of drug-likeness (QED) is 0.690.